The molecule has 4 nitrogen and oxygen atoms in total. The Labute approximate surface area is 68.9 Å². The van der Waals surface area contributed by atoms with E-state index in [1.54, 1.807) is 12.1 Å². The van der Waals surface area contributed by atoms with E-state index in [-0.39, 0.29) is 16.8 Å². The van der Waals surface area contributed by atoms with E-state index in [2.05, 4.69) is 4.98 Å². The van der Waals surface area contributed by atoms with Gasteiger partial charge in [0.25, 0.3) is 0 Å². The molecule has 4 heteroatoms. The first-order chi connectivity index (χ1) is 5.83. The van der Waals surface area contributed by atoms with E-state index >= 15 is 0 Å². The molecular formula is C8H2N4. The number of rotatable bonds is 0. The van der Waals surface area contributed by atoms with Gasteiger partial charge in [-0.1, -0.05) is 0 Å². The van der Waals surface area contributed by atoms with Gasteiger partial charge >= 0.3 is 0 Å². The zero-order chi connectivity index (χ0) is 8.97. The lowest BCUT2D eigenvalue weighted by Gasteiger charge is -1.92. The molecule has 12 heavy (non-hydrogen) atoms. The monoisotopic (exact) mass is 154 g/mol. The van der Waals surface area contributed by atoms with Crippen LogP contribution >= 0.6 is 0 Å². The highest BCUT2D eigenvalue weighted by atomic mass is 14.7. The Morgan fingerprint density at radius 1 is 1.08 bits per heavy atom. The van der Waals surface area contributed by atoms with Crippen LogP contribution in [0.25, 0.3) is 0 Å². The number of nitrogens with zero attached hydrogens (tertiary/aromatic N) is 4. The van der Waals surface area contributed by atoms with Crippen molar-refractivity contribution in [2.24, 2.45) is 0 Å². The highest BCUT2D eigenvalue weighted by Crippen LogP contribution is 2.08. The molecule has 0 atom stereocenters. The smallest absolute Gasteiger partial charge is 0.159 e. The number of pyridine rings is 1. The predicted molar refractivity (Wildman–Crippen MR) is 38.4 cm³/mol. The van der Waals surface area contributed by atoms with E-state index in [0.717, 1.165) is 0 Å². The summed E-state index contributed by atoms with van der Waals surface area (Å²) in [6.45, 7) is 0. The van der Waals surface area contributed by atoms with Crippen LogP contribution in [-0.2, 0) is 0 Å². The van der Waals surface area contributed by atoms with Crippen molar-refractivity contribution < 1.29 is 0 Å². The first-order valence-electron chi connectivity index (χ1n) is 3.02. The minimum Gasteiger partial charge on any atom is -0.244 e. The number of hydrogen-bond acceptors (Lipinski definition) is 4. The van der Waals surface area contributed by atoms with E-state index in [0.29, 0.717) is 0 Å². The van der Waals surface area contributed by atoms with Crippen molar-refractivity contribution in [3.05, 3.63) is 29.1 Å². The van der Waals surface area contributed by atoms with Crippen LogP contribution in [0.3, 0.4) is 0 Å². The normalized spacial score (nSPS) is 7.75. The summed E-state index contributed by atoms with van der Waals surface area (Å²) in [6.07, 6.45) is 1.33. The van der Waals surface area contributed by atoms with E-state index in [4.69, 9.17) is 15.8 Å². The van der Waals surface area contributed by atoms with Gasteiger partial charge in [0.05, 0.1) is 5.56 Å². The van der Waals surface area contributed by atoms with Crippen LogP contribution in [0.4, 0.5) is 0 Å². The number of aromatic nitrogens is 1. The maximum Gasteiger partial charge on any atom is 0.159 e. The van der Waals surface area contributed by atoms with Crippen molar-refractivity contribution >= 4 is 0 Å². The molecule has 0 bridgehead atoms. The summed E-state index contributed by atoms with van der Waals surface area (Å²) >= 11 is 0. The molecule has 0 radical (unpaired) electrons. The largest absolute Gasteiger partial charge is 0.244 e. The fraction of sp³-hybridized carbons (Fsp3) is 0. The predicted octanol–water partition coefficient (Wildman–Crippen LogP) is 0.697. The maximum atomic E-state index is 8.57. The summed E-state index contributed by atoms with van der Waals surface area (Å²) in [5.41, 5.74) is 0.225. The molecule has 0 aliphatic carbocycles. The average Bonchev–Trinajstić information content (AvgIpc) is 2.16. The quantitative estimate of drug-likeness (QED) is 0.550. The van der Waals surface area contributed by atoms with E-state index in [1.807, 2.05) is 6.07 Å². The molecule has 1 rings (SSSR count). The molecule has 0 aromatic carbocycles. The highest BCUT2D eigenvalue weighted by Gasteiger charge is 2.07. The molecule has 0 spiro atoms. The highest BCUT2D eigenvalue weighted by molar-refractivity contribution is 5.51. The van der Waals surface area contributed by atoms with Crippen LogP contribution in [0.5, 0.6) is 0 Å². The summed E-state index contributed by atoms with van der Waals surface area (Å²) in [5.74, 6) is 0. The molecule has 0 saturated carbocycles. The summed E-state index contributed by atoms with van der Waals surface area (Å²) in [6, 6.07) is 6.70. The Balaban J connectivity index is 3.51. The van der Waals surface area contributed by atoms with Crippen LogP contribution in [0, 0.1) is 34.0 Å². The van der Waals surface area contributed by atoms with Gasteiger partial charge in [-0.25, -0.2) is 4.98 Å². The Kier molecular flexibility index (Phi) is 2.02. The van der Waals surface area contributed by atoms with Crippen LogP contribution in [-0.4, -0.2) is 4.98 Å². The molecule has 0 aliphatic rings. The molecule has 54 valence electrons. The molecular weight excluding hydrogens is 152 g/mol. The molecule has 0 amide bonds. The van der Waals surface area contributed by atoms with Gasteiger partial charge in [0.2, 0.25) is 0 Å². The molecule has 0 saturated heterocycles. The molecule has 0 unspecified atom stereocenters. The Morgan fingerprint density at radius 2 is 1.83 bits per heavy atom. The molecule has 0 fully saturated rings. The van der Waals surface area contributed by atoms with E-state index < -0.39 is 0 Å². The first-order valence-corrected chi connectivity index (χ1v) is 3.02. The van der Waals surface area contributed by atoms with E-state index in [9.17, 15) is 0 Å². The second-order valence-electron chi connectivity index (χ2n) is 1.92. The van der Waals surface area contributed by atoms with Crippen molar-refractivity contribution in [1.82, 2.24) is 4.98 Å². The third-order valence-corrected chi connectivity index (χ3v) is 1.29. The minimum absolute atomic E-state index is 0.00319. The number of hydrogen-bond donors (Lipinski definition) is 0. The average molecular weight is 154 g/mol. The van der Waals surface area contributed by atoms with Gasteiger partial charge in [-0.05, 0) is 6.07 Å². The second-order valence-corrected chi connectivity index (χ2v) is 1.92. The maximum absolute atomic E-state index is 8.57. The lowest BCUT2D eigenvalue weighted by molar-refractivity contribution is 1.23. The summed E-state index contributed by atoms with van der Waals surface area (Å²) in [4.78, 5) is 3.64. The van der Waals surface area contributed by atoms with Gasteiger partial charge in [-0.15, -0.1) is 0 Å². The summed E-state index contributed by atoms with van der Waals surface area (Å²) in [5, 5.41) is 25.6. The van der Waals surface area contributed by atoms with Crippen molar-refractivity contribution in [3.63, 3.8) is 0 Å². The fourth-order valence-electron chi connectivity index (χ4n) is 0.753. The third kappa shape index (κ3) is 1.08. The molecule has 1 heterocycles. The second kappa shape index (κ2) is 3.14. The minimum atomic E-state index is -0.00319. The molecule has 0 N–H and O–H groups in total. The molecule has 1 aromatic rings. The van der Waals surface area contributed by atoms with Crippen LogP contribution in [0.2, 0.25) is 0 Å². The van der Waals surface area contributed by atoms with Crippen LogP contribution < -0.4 is 0 Å². The zero-order valence-corrected chi connectivity index (χ0v) is 5.94. The SMILES string of the molecule is N#Cc1ccnc(C#N)c1C#N. The van der Waals surface area contributed by atoms with Gasteiger partial charge in [0, 0.05) is 6.20 Å². The Morgan fingerprint density at radius 3 is 2.33 bits per heavy atom. The fourth-order valence-corrected chi connectivity index (χ4v) is 0.753. The topological polar surface area (TPSA) is 84.3 Å². The van der Waals surface area contributed by atoms with Gasteiger partial charge in [0.15, 0.2) is 5.69 Å². The Hall–Kier alpha value is -2.38. The van der Waals surface area contributed by atoms with Crippen molar-refractivity contribution in [3.8, 4) is 18.2 Å². The third-order valence-electron chi connectivity index (χ3n) is 1.29. The van der Waals surface area contributed by atoms with Gasteiger partial charge < -0.3 is 0 Å². The van der Waals surface area contributed by atoms with Crippen molar-refractivity contribution in [1.29, 1.82) is 15.8 Å². The first kappa shape index (κ1) is 7.72. The zero-order valence-electron chi connectivity index (χ0n) is 5.94. The van der Waals surface area contributed by atoms with Crippen LogP contribution in [0.15, 0.2) is 12.3 Å². The summed E-state index contributed by atoms with van der Waals surface area (Å²) in [7, 11) is 0. The van der Waals surface area contributed by atoms with Crippen molar-refractivity contribution in [2.75, 3.05) is 0 Å². The number of nitriles is 3. The molecule has 0 aliphatic heterocycles. The van der Waals surface area contributed by atoms with Gasteiger partial charge in [0.1, 0.15) is 23.8 Å². The lowest BCUT2D eigenvalue weighted by Crippen LogP contribution is -1.92. The van der Waals surface area contributed by atoms with Gasteiger partial charge in [-0.3, -0.25) is 0 Å². The standard InChI is InChI=1S/C8H2N4/c9-3-6-1-2-12-8(5-11)7(6)4-10/h1-2H. The Bertz CT molecular complexity index is 396. The molecule has 1 aromatic heterocycles. The van der Waals surface area contributed by atoms with Crippen LogP contribution in [0.1, 0.15) is 16.8 Å². The van der Waals surface area contributed by atoms with E-state index in [1.165, 1.54) is 12.3 Å². The summed E-state index contributed by atoms with van der Waals surface area (Å²) < 4.78 is 0. The van der Waals surface area contributed by atoms with Gasteiger partial charge in [-0.2, -0.15) is 15.8 Å². The van der Waals surface area contributed by atoms with Crippen molar-refractivity contribution in [2.45, 2.75) is 0 Å². The lowest BCUT2D eigenvalue weighted by atomic mass is 10.1.